The van der Waals surface area contributed by atoms with Crippen molar-refractivity contribution in [3.63, 3.8) is 0 Å². The minimum Gasteiger partial charge on any atom is -0.392 e. The molecule has 0 unspecified atom stereocenters. The van der Waals surface area contributed by atoms with E-state index in [4.69, 9.17) is 0 Å². The zero-order valence-electron chi connectivity index (χ0n) is 19.3. The summed E-state index contributed by atoms with van der Waals surface area (Å²) in [6, 6.07) is 12.7. The average Bonchev–Trinajstić information content (AvgIpc) is 3.56. The van der Waals surface area contributed by atoms with Gasteiger partial charge in [0.15, 0.2) is 0 Å². The Morgan fingerprint density at radius 1 is 1.29 bits per heavy atom. The van der Waals surface area contributed by atoms with E-state index in [-0.39, 0.29) is 30.2 Å². The molecule has 0 aliphatic carbocycles. The van der Waals surface area contributed by atoms with Gasteiger partial charge in [-0.15, -0.1) is 10.2 Å². The Balaban J connectivity index is 1.38. The number of fused-ring (bicyclic) bond motifs is 1. The van der Waals surface area contributed by atoms with E-state index in [2.05, 4.69) is 30.2 Å². The quantitative estimate of drug-likeness (QED) is 0.437. The Bertz CT molecular complexity index is 1330. The summed E-state index contributed by atoms with van der Waals surface area (Å²) in [6.07, 6.45) is 0.477. The van der Waals surface area contributed by atoms with Crippen molar-refractivity contribution in [2.75, 3.05) is 31.4 Å². The summed E-state index contributed by atoms with van der Waals surface area (Å²) in [5.41, 5.74) is 3.69. The Labute approximate surface area is 203 Å². The molecule has 0 spiro atoms. The number of amides is 1. The predicted molar refractivity (Wildman–Crippen MR) is 129 cm³/mol. The van der Waals surface area contributed by atoms with Crippen LogP contribution in [0.15, 0.2) is 42.5 Å². The second-order valence-electron chi connectivity index (χ2n) is 9.11. The number of rotatable bonds is 7. The fourth-order valence-corrected chi connectivity index (χ4v) is 5.94. The molecule has 1 fully saturated rings. The molecule has 0 bridgehead atoms. The second-order valence-corrected chi connectivity index (χ2v) is 10.8. The third-order valence-electron chi connectivity index (χ3n) is 6.56. The van der Waals surface area contributed by atoms with Gasteiger partial charge in [0.1, 0.15) is 0 Å². The van der Waals surface area contributed by atoms with Crippen LogP contribution < -0.4 is 4.72 Å². The zero-order chi connectivity index (χ0) is 24.6. The summed E-state index contributed by atoms with van der Waals surface area (Å²) >= 11 is 0. The van der Waals surface area contributed by atoms with Crippen LogP contribution in [0.4, 0.5) is 5.69 Å². The highest BCUT2D eigenvalue weighted by molar-refractivity contribution is 7.92. The van der Waals surface area contributed by atoms with Crippen molar-refractivity contribution in [2.45, 2.75) is 30.7 Å². The molecule has 3 heterocycles. The minimum atomic E-state index is -3.35. The van der Waals surface area contributed by atoms with Crippen LogP contribution in [0.25, 0.3) is 11.4 Å². The number of likely N-dealkylation sites (N-methyl/N-ethyl adjacent to an activating group) is 1. The first-order valence-electron chi connectivity index (χ1n) is 11.4. The topological polar surface area (TPSA) is 144 Å². The van der Waals surface area contributed by atoms with E-state index in [1.54, 1.807) is 30.1 Å². The predicted octanol–water partition coefficient (Wildman–Crippen LogP) is 0.931. The molecular formula is C23H27N7O4S. The number of sulfonamides is 1. The zero-order valence-corrected chi connectivity index (χ0v) is 20.1. The number of β-amino-alcohol motifs (C(OH)–C–C–N with tert-alkyl or cyclic N) is 1. The molecule has 2 aliphatic heterocycles. The molecule has 0 saturated carbocycles. The normalized spacial score (nSPS) is 19.8. The van der Waals surface area contributed by atoms with Gasteiger partial charge < -0.3 is 10.0 Å². The van der Waals surface area contributed by atoms with Gasteiger partial charge in [0, 0.05) is 32.2 Å². The SMILES string of the molecule is CN(C(=O)Cc1ccc2c(c1)NS(=O)(=O)C2)[C@H](CN1CC[C@H](O)C1)c1cccc(-c2nn[nH]n2)c1. The maximum Gasteiger partial charge on any atom is 0.237 e. The van der Waals surface area contributed by atoms with Crippen LogP contribution in [0.5, 0.6) is 0 Å². The first-order valence-corrected chi connectivity index (χ1v) is 13.0. The van der Waals surface area contributed by atoms with Crippen LogP contribution in [0.1, 0.15) is 29.2 Å². The number of tetrazole rings is 1. The molecule has 2 aromatic carbocycles. The number of likely N-dealkylation sites (tertiary alicyclic amines) is 1. The van der Waals surface area contributed by atoms with Crippen LogP contribution in [0, 0.1) is 0 Å². The standard InChI is InChI=1S/C23H27N7O4S/c1-29(22(32)10-15-5-6-18-14-35(33,34)26-20(18)9-15)21(13-30-8-7-19(31)12-30)16-3-2-4-17(11-16)23-24-27-28-25-23/h2-6,9,11,19,21,26,31H,7-8,10,12-14H2,1H3,(H,24,25,27,28)/t19-,21+/m0/s1. The lowest BCUT2D eigenvalue weighted by Gasteiger charge is -2.32. The summed E-state index contributed by atoms with van der Waals surface area (Å²) in [5.74, 6) is 0.328. The van der Waals surface area contributed by atoms with E-state index in [0.29, 0.717) is 36.6 Å². The van der Waals surface area contributed by atoms with Gasteiger partial charge in [-0.3, -0.25) is 14.4 Å². The Hall–Kier alpha value is -3.35. The Morgan fingerprint density at radius 2 is 2.14 bits per heavy atom. The number of carbonyl (C=O) groups is 1. The highest BCUT2D eigenvalue weighted by atomic mass is 32.2. The Morgan fingerprint density at radius 3 is 2.89 bits per heavy atom. The molecular weight excluding hydrogens is 470 g/mol. The monoisotopic (exact) mass is 497 g/mol. The highest BCUT2D eigenvalue weighted by Crippen LogP contribution is 2.30. The smallest absolute Gasteiger partial charge is 0.237 e. The summed E-state index contributed by atoms with van der Waals surface area (Å²) in [6.45, 7) is 1.89. The van der Waals surface area contributed by atoms with E-state index in [0.717, 1.165) is 23.2 Å². The first kappa shape index (κ1) is 23.4. The lowest BCUT2D eigenvalue weighted by atomic mass is 10.0. The molecule has 0 radical (unpaired) electrons. The highest BCUT2D eigenvalue weighted by Gasteiger charge is 2.29. The van der Waals surface area contributed by atoms with Crippen LogP contribution in [-0.2, 0) is 27.0 Å². The molecule has 2 atom stereocenters. The Kier molecular flexibility index (Phi) is 6.26. The van der Waals surface area contributed by atoms with Crippen LogP contribution in [0.3, 0.4) is 0 Å². The van der Waals surface area contributed by atoms with E-state index in [9.17, 15) is 18.3 Å². The third-order valence-corrected chi connectivity index (χ3v) is 7.78. The van der Waals surface area contributed by atoms with Crippen molar-refractivity contribution in [1.29, 1.82) is 0 Å². The van der Waals surface area contributed by atoms with Crippen molar-refractivity contribution < 1.29 is 18.3 Å². The fourth-order valence-electron chi connectivity index (χ4n) is 4.68. The van der Waals surface area contributed by atoms with Crippen molar-refractivity contribution in [2.24, 2.45) is 0 Å². The van der Waals surface area contributed by atoms with Gasteiger partial charge in [0.25, 0.3) is 0 Å². The number of nitrogens with zero attached hydrogens (tertiary/aromatic N) is 5. The molecule has 3 N–H and O–H groups in total. The van der Waals surface area contributed by atoms with E-state index in [1.165, 1.54) is 0 Å². The van der Waals surface area contributed by atoms with Crippen molar-refractivity contribution >= 4 is 21.6 Å². The molecule has 12 heteroatoms. The largest absolute Gasteiger partial charge is 0.392 e. The maximum atomic E-state index is 13.4. The number of hydrogen-bond acceptors (Lipinski definition) is 8. The van der Waals surface area contributed by atoms with E-state index >= 15 is 0 Å². The number of aliphatic hydroxyl groups is 1. The van der Waals surface area contributed by atoms with Gasteiger partial charge in [0.2, 0.25) is 21.8 Å². The number of anilines is 1. The number of H-pyrrole nitrogens is 1. The molecule has 11 nitrogen and oxygen atoms in total. The molecule has 184 valence electrons. The average molecular weight is 498 g/mol. The minimum absolute atomic E-state index is 0.0447. The van der Waals surface area contributed by atoms with Gasteiger partial charge >= 0.3 is 0 Å². The van der Waals surface area contributed by atoms with Gasteiger partial charge in [-0.2, -0.15) is 5.21 Å². The van der Waals surface area contributed by atoms with Gasteiger partial charge in [-0.05, 0) is 40.5 Å². The molecule has 1 amide bonds. The lowest BCUT2D eigenvalue weighted by Crippen LogP contribution is -2.39. The van der Waals surface area contributed by atoms with Crippen LogP contribution in [0.2, 0.25) is 0 Å². The molecule has 2 aliphatic rings. The number of carbonyl (C=O) groups excluding carboxylic acids is 1. The molecule has 1 saturated heterocycles. The molecule has 5 rings (SSSR count). The summed E-state index contributed by atoms with van der Waals surface area (Å²) < 4.78 is 26.2. The molecule has 3 aromatic rings. The van der Waals surface area contributed by atoms with Crippen molar-refractivity contribution in [3.8, 4) is 11.4 Å². The number of aromatic amines is 1. The van der Waals surface area contributed by atoms with Gasteiger partial charge in [-0.1, -0.05) is 30.3 Å². The number of hydrogen-bond donors (Lipinski definition) is 3. The number of nitrogens with one attached hydrogen (secondary N) is 2. The summed E-state index contributed by atoms with van der Waals surface area (Å²) in [4.78, 5) is 17.3. The molecule has 35 heavy (non-hydrogen) atoms. The van der Waals surface area contributed by atoms with Crippen molar-refractivity contribution in [3.05, 3.63) is 59.2 Å². The van der Waals surface area contributed by atoms with E-state index < -0.39 is 10.0 Å². The maximum absolute atomic E-state index is 13.4. The number of benzene rings is 2. The fraction of sp³-hybridized carbons (Fsp3) is 0.391. The summed E-state index contributed by atoms with van der Waals surface area (Å²) in [5, 5.41) is 24.2. The second kappa shape index (κ2) is 9.36. The van der Waals surface area contributed by atoms with Crippen LogP contribution in [-0.4, -0.2) is 82.6 Å². The first-order chi connectivity index (χ1) is 16.8. The lowest BCUT2D eigenvalue weighted by molar-refractivity contribution is -0.131. The number of aromatic nitrogens is 4. The molecule has 1 aromatic heterocycles. The van der Waals surface area contributed by atoms with Gasteiger partial charge in [0.05, 0.1) is 30.0 Å². The number of aliphatic hydroxyl groups excluding tert-OH is 1. The third kappa shape index (κ3) is 5.19. The summed E-state index contributed by atoms with van der Waals surface area (Å²) in [7, 11) is -1.57. The van der Waals surface area contributed by atoms with E-state index in [1.807, 2.05) is 24.3 Å². The van der Waals surface area contributed by atoms with Gasteiger partial charge in [-0.25, -0.2) is 8.42 Å². The van der Waals surface area contributed by atoms with Crippen LogP contribution >= 0.6 is 0 Å². The van der Waals surface area contributed by atoms with Crippen molar-refractivity contribution in [1.82, 2.24) is 30.4 Å².